The zero-order valence-electron chi connectivity index (χ0n) is 15.8. The largest absolute Gasteiger partial charge is 0.508 e. The second-order valence-corrected chi connectivity index (χ2v) is 6.78. The number of phenolic OH excluding ortho intramolecular Hbond substituents is 1. The van der Waals surface area contributed by atoms with Crippen LogP contribution in [-0.2, 0) is 0 Å². The summed E-state index contributed by atoms with van der Waals surface area (Å²) in [6, 6.07) is 21.5. The third-order valence-corrected chi connectivity index (χ3v) is 4.99. The molecular formula is C23H20N2O4. The van der Waals surface area contributed by atoms with Gasteiger partial charge in [-0.25, -0.2) is 4.79 Å². The average Bonchev–Trinajstić information content (AvgIpc) is 3.20. The van der Waals surface area contributed by atoms with Gasteiger partial charge in [0.2, 0.25) is 0 Å². The van der Waals surface area contributed by atoms with Gasteiger partial charge >= 0.3 is 5.97 Å². The summed E-state index contributed by atoms with van der Waals surface area (Å²) in [5, 5.41) is 25.5. The van der Waals surface area contributed by atoms with Gasteiger partial charge in [-0.15, -0.1) is 0 Å². The minimum Gasteiger partial charge on any atom is -0.508 e. The van der Waals surface area contributed by atoms with E-state index < -0.39 is 5.97 Å². The lowest BCUT2D eigenvalue weighted by Gasteiger charge is -2.24. The molecule has 6 heteroatoms. The fourth-order valence-corrected chi connectivity index (χ4v) is 3.42. The van der Waals surface area contributed by atoms with Crippen molar-refractivity contribution in [2.45, 2.75) is 12.5 Å². The van der Waals surface area contributed by atoms with Crippen LogP contribution in [0.4, 0.5) is 5.69 Å². The van der Waals surface area contributed by atoms with Crippen LogP contribution in [0.3, 0.4) is 0 Å². The minimum absolute atomic E-state index is 0.0413. The first-order chi connectivity index (χ1) is 14.0. The first-order valence-electron chi connectivity index (χ1n) is 9.18. The van der Waals surface area contributed by atoms with Crippen molar-refractivity contribution in [3.63, 3.8) is 0 Å². The van der Waals surface area contributed by atoms with Crippen molar-refractivity contribution >= 4 is 17.4 Å². The molecule has 0 bridgehead atoms. The molecule has 0 saturated heterocycles. The highest BCUT2D eigenvalue weighted by Gasteiger charge is 2.30. The number of aromatic carboxylic acids is 1. The quantitative estimate of drug-likeness (QED) is 0.675. The van der Waals surface area contributed by atoms with Gasteiger partial charge < -0.3 is 14.9 Å². The highest BCUT2D eigenvalue weighted by atomic mass is 16.5. The topological polar surface area (TPSA) is 82.4 Å². The molecule has 0 fully saturated rings. The van der Waals surface area contributed by atoms with Gasteiger partial charge in [-0.2, -0.15) is 5.10 Å². The Balaban J connectivity index is 1.72. The van der Waals surface area contributed by atoms with Crippen molar-refractivity contribution in [2.24, 2.45) is 5.10 Å². The van der Waals surface area contributed by atoms with Crippen LogP contribution in [0.2, 0.25) is 0 Å². The maximum atomic E-state index is 11.2. The number of hydrogen-bond donors (Lipinski definition) is 2. The van der Waals surface area contributed by atoms with Crippen LogP contribution in [0.1, 0.15) is 33.9 Å². The molecule has 6 nitrogen and oxygen atoms in total. The summed E-state index contributed by atoms with van der Waals surface area (Å²) in [6.07, 6.45) is 0.678. The first-order valence-corrected chi connectivity index (χ1v) is 9.18. The van der Waals surface area contributed by atoms with E-state index in [1.165, 1.54) is 0 Å². The van der Waals surface area contributed by atoms with Gasteiger partial charge in [0.25, 0.3) is 0 Å². The Morgan fingerprint density at radius 2 is 1.66 bits per heavy atom. The lowest BCUT2D eigenvalue weighted by molar-refractivity contribution is 0.0697. The monoisotopic (exact) mass is 388 g/mol. The zero-order chi connectivity index (χ0) is 20.4. The average molecular weight is 388 g/mol. The van der Waals surface area contributed by atoms with E-state index in [0.717, 1.165) is 28.3 Å². The molecule has 1 heterocycles. The molecule has 0 aliphatic carbocycles. The van der Waals surface area contributed by atoms with Crippen LogP contribution >= 0.6 is 0 Å². The maximum absolute atomic E-state index is 11.2. The zero-order valence-corrected chi connectivity index (χ0v) is 15.8. The van der Waals surface area contributed by atoms with E-state index in [4.69, 9.17) is 14.9 Å². The molecule has 0 radical (unpaired) electrons. The summed E-state index contributed by atoms with van der Waals surface area (Å²) in [5.74, 6) is 0.0295. The lowest BCUT2D eigenvalue weighted by atomic mass is 9.98. The van der Waals surface area contributed by atoms with Crippen molar-refractivity contribution < 1.29 is 19.7 Å². The van der Waals surface area contributed by atoms with Gasteiger partial charge in [-0.05, 0) is 71.8 Å². The SMILES string of the molecule is COc1ccc(C2CC(c3ccc(O)cc3)=NN2c2ccc(C(=O)O)cc2)cc1. The van der Waals surface area contributed by atoms with E-state index in [0.29, 0.717) is 6.42 Å². The number of rotatable bonds is 5. The van der Waals surface area contributed by atoms with Crippen LogP contribution in [0.5, 0.6) is 11.5 Å². The number of carboxylic acid groups (broad SMARTS) is 1. The van der Waals surface area contributed by atoms with Crippen molar-refractivity contribution in [1.29, 1.82) is 0 Å². The highest BCUT2D eigenvalue weighted by Crippen LogP contribution is 2.37. The van der Waals surface area contributed by atoms with Crippen LogP contribution < -0.4 is 9.75 Å². The Labute approximate surface area is 168 Å². The Hall–Kier alpha value is -3.80. The smallest absolute Gasteiger partial charge is 0.335 e. The van der Waals surface area contributed by atoms with Gasteiger partial charge in [-0.3, -0.25) is 5.01 Å². The number of methoxy groups -OCH3 is 1. The van der Waals surface area contributed by atoms with E-state index in [9.17, 15) is 9.90 Å². The number of aromatic hydroxyl groups is 1. The molecule has 1 unspecified atom stereocenters. The van der Waals surface area contributed by atoms with E-state index in [1.807, 2.05) is 41.4 Å². The standard InChI is InChI=1S/C23H20N2O4/c1-29-20-12-6-16(7-13-20)22-14-21(15-4-10-19(26)11-5-15)24-25(22)18-8-2-17(3-9-18)23(27)28/h2-13,22,26H,14H2,1H3,(H,27,28). The second kappa shape index (κ2) is 7.67. The molecule has 29 heavy (non-hydrogen) atoms. The number of anilines is 1. The van der Waals surface area contributed by atoms with E-state index in [2.05, 4.69) is 0 Å². The number of nitrogens with zero attached hydrogens (tertiary/aromatic N) is 2. The van der Waals surface area contributed by atoms with Crippen molar-refractivity contribution in [3.8, 4) is 11.5 Å². The molecule has 0 saturated carbocycles. The minimum atomic E-state index is -0.960. The molecule has 3 aromatic carbocycles. The summed E-state index contributed by atoms with van der Waals surface area (Å²) in [7, 11) is 1.63. The van der Waals surface area contributed by atoms with Gasteiger partial charge in [0.05, 0.1) is 30.1 Å². The third-order valence-electron chi connectivity index (χ3n) is 4.99. The predicted molar refractivity (Wildman–Crippen MR) is 111 cm³/mol. The first kappa shape index (κ1) is 18.6. The van der Waals surface area contributed by atoms with Crippen LogP contribution in [-0.4, -0.2) is 29.0 Å². The van der Waals surface area contributed by atoms with Gasteiger partial charge in [-0.1, -0.05) is 12.1 Å². The molecule has 1 aliphatic rings. The van der Waals surface area contributed by atoms with Gasteiger partial charge in [0.1, 0.15) is 11.5 Å². The molecule has 3 aromatic rings. The fraction of sp³-hybridized carbons (Fsp3) is 0.130. The molecule has 0 spiro atoms. The summed E-state index contributed by atoms with van der Waals surface area (Å²) in [5.41, 5.74) is 3.95. The molecule has 146 valence electrons. The maximum Gasteiger partial charge on any atom is 0.335 e. The summed E-state index contributed by atoms with van der Waals surface area (Å²) in [6.45, 7) is 0. The molecule has 1 aliphatic heterocycles. The number of phenols is 1. The molecule has 4 rings (SSSR count). The lowest BCUT2D eigenvalue weighted by Crippen LogP contribution is -2.18. The Bertz CT molecular complexity index is 1040. The molecular weight excluding hydrogens is 368 g/mol. The van der Waals surface area contributed by atoms with Crippen molar-refractivity contribution in [3.05, 3.63) is 89.5 Å². The van der Waals surface area contributed by atoms with Crippen LogP contribution in [0.15, 0.2) is 77.9 Å². The molecule has 2 N–H and O–H groups in total. The van der Waals surface area contributed by atoms with Crippen molar-refractivity contribution in [2.75, 3.05) is 12.1 Å². The summed E-state index contributed by atoms with van der Waals surface area (Å²) >= 11 is 0. The number of carbonyl (C=O) groups is 1. The number of benzene rings is 3. The van der Waals surface area contributed by atoms with Crippen LogP contribution in [0.25, 0.3) is 0 Å². The molecule has 0 aromatic heterocycles. The number of ether oxygens (including phenoxy) is 1. The third kappa shape index (κ3) is 3.78. The van der Waals surface area contributed by atoms with E-state index in [1.54, 1.807) is 43.5 Å². The number of hydrazone groups is 1. The van der Waals surface area contributed by atoms with Gasteiger partial charge in [0.15, 0.2) is 0 Å². The summed E-state index contributed by atoms with van der Waals surface area (Å²) in [4.78, 5) is 11.2. The second-order valence-electron chi connectivity index (χ2n) is 6.78. The van der Waals surface area contributed by atoms with Crippen molar-refractivity contribution in [1.82, 2.24) is 0 Å². The number of carboxylic acids is 1. The Morgan fingerprint density at radius 1 is 1.00 bits per heavy atom. The summed E-state index contributed by atoms with van der Waals surface area (Å²) < 4.78 is 5.26. The fourth-order valence-electron chi connectivity index (χ4n) is 3.42. The molecule has 1 atom stereocenters. The molecule has 0 amide bonds. The predicted octanol–water partition coefficient (Wildman–Crippen LogP) is 4.45. The van der Waals surface area contributed by atoms with Crippen LogP contribution in [0, 0.1) is 0 Å². The Morgan fingerprint density at radius 3 is 2.24 bits per heavy atom. The Kier molecular flexibility index (Phi) is 4.91. The normalized spacial score (nSPS) is 15.8. The van der Waals surface area contributed by atoms with E-state index >= 15 is 0 Å². The number of hydrogen-bond acceptors (Lipinski definition) is 5. The van der Waals surface area contributed by atoms with Gasteiger partial charge in [0, 0.05) is 6.42 Å². The highest BCUT2D eigenvalue weighted by molar-refractivity contribution is 6.03. The van der Waals surface area contributed by atoms with E-state index in [-0.39, 0.29) is 17.4 Å².